The Hall–Kier alpha value is -0.790. The van der Waals surface area contributed by atoms with E-state index in [4.69, 9.17) is 4.74 Å². The Kier molecular flexibility index (Phi) is 4.17. The number of hydrogen-bond donors (Lipinski definition) is 0. The summed E-state index contributed by atoms with van der Waals surface area (Å²) in [7, 11) is 0. The molecule has 0 aromatic heterocycles. The Morgan fingerprint density at radius 1 is 1.31 bits per heavy atom. The van der Waals surface area contributed by atoms with Crippen molar-refractivity contribution >= 4 is 5.97 Å². The molecule has 0 amide bonds. The quantitative estimate of drug-likeness (QED) is 0.528. The Balaban J connectivity index is 2.55. The average Bonchev–Trinajstić information content (AvgIpc) is 1.95. The Morgan fingerprint density at radius 2 is 1.94 bits per heavy atom. The summed E-state index contributed by atoms with van der Waals surface area (Å²) < 4.78 is 5.49. The number of carbonyl (C=O) groups is 1. The van der Waals surface area contributed by atoms with E-state index in [1.54, 1.807) is 6.08 Å². The maximum absolute atomic E-state index is 11.5. The lowest BCUT2D eigenvalue weighted by Crippen LogP contribution is -2.33. The molecule has 1 fully saturated rings. The molecule has 0 saturated heterocycles. The molecule has 2 heteroatoms. The Bertz CT molecular complexity index is 285. The van der Waals surface area contributed by atoms with E-state index < -0.39 is 0 Å². The minimum Gasteiger partial charge on any atom is -0.459 e. The molecule has 0 heterocycles. The molecular weight excluding hydrogens is 200 g/mol. The van der Waals surface area contributed by atoms with Gasteiger partial charge in [0.15, 0.2) is 0 Å². The van der Waals surface area contributed by atoms with Crippen LogP contribution in [0.4, 0.5) is 0 Å². The van der Waals surface area contributed by atoms with Gasteiger partial charge in [-0.2, -0.15) is 0 Å². The number of rotatable bonds is 2. The standard InChI is InChI=1S/C14H24O2/c1-10(2)6-13(15)16-12-7-11(3)8-14(4,5)9-12/h6,11-12H,7-9H2,1-5H3/t11-,12+/m0/s1. The van der Waals surface area contributed by atoms with Crippen LogP contribution in [0.25, 0.3) is 0 Å². The molecular formula is C14H24O2. The zero-order chi connectivity index (χ0) is 12.3. The predicted octanol–water partition coefficient (Wildman–Crippen LogP) is 3.71. The first kappa shape index (κ1) is 13.3. The van der Waals surface area contributed by atoms with Gasteiger partial charge in [-0.3, -0.25) is 0 Å². The summed E-state index contributed by atoms with van der Waals surface area (Å²) in [6, 6.07) is 0. The Labute approximate surface area is 99.1 Å². The number of allylic oxidation sites excluding steroid dienone is 1. The average molecular weight is 224 g/mol. The second-order valence-corrected chi connectivity index (χ2v) is 6.19. The van der Waals surface area contributed by atoms with E-state index in [1.165, 1.54) is 6.42 Å². The molecule has 0 spiro atoms. The van der Waals surface area contributed by atoms with Crippen LogP contribution in [-0.2, 0) is 9.53 Å². The highest BCUT2D eigenvalue weighted by Crippen LogP contribution is 2.39. The zero-order valence-electron chi connectivity index (χ0n) is 11.2. The van der Waals surface area contributed by atoms with Gasteiger partial charge in [-0.25, -0.2) is 4.79 Å². The van der Waals surface area contributed by atoms with Gasteiger partial charge in [-0.05, 0) is 44.4 Å². The fourth-order valence-electron chi connectivity index (χ4n) is 2.78. The van der Waals surface area contributed by atoms with Gasteiger partial charge in [0.2, 0.25) is 0 Å². The van der Waals surface area contributed by atoms with Crippen LogP contribution in [0.1, 0.15) is 53.9 Å². The summed E-state index contributed by atoms with van der Waals surface area (Å²) in [5, 5.41) is 0. The van der Waals surface area contributed by atoms with E-state index >= 15 is 0 Å². The highest BCUT2D eigenvalue weighted by molar-refractivity contribution is 5.82. The van der Waals surface area contributed by atoms with Crippen LogP contribution in [0.3, 0.4) is 0 Å². The summed E-state index contributed by atoms with van der Waals surface area (Å²) in [6.07, 6.45) is 4.89. The van der Waals surface area contributed by atoms with Gasteiger partial charge >= 0.3 is 5.97 Å². The summed E-state index contributed by atoms with van der Waals surface area (Å²) in [5.74, 6) is 0.461. The second-order valence-electron chi connectivity index (χ2n) is 6.19. The topological polar surface area (TPSA) is 26.3 Å². The highest BCUT2D eigenvalue weighted by Gasteiger charge is 2.33. The SMILES string of the molecule is CC(C)=CC(=O)O[C@@H]1C[C@H](C)CC(C)(C)C1. The molecule has 0 bridgehead atoms. The van der Waals surface area contributed by atoms with Crippen LogP contribution in [0.15, 0.2) is 11.6 Å². The summed E-state index contributed by atoms with van der Waals surface area (Å²) >= 11 is 0. The van der Waals surface area contributed by atoms with Crippen LogP contribution in [0.5, 0.6) is 0 Å². The first-order valence-corrected chi connectivity index (χ1v) is 6.14. The van der Waals surface area contributed by atoms with Crippen molar-refractivity contribution in [3.05, 3.63) is 11.6 Å². The first-order valence-electron chi connectivity index (χ1n) is 6.14. The largest absolute Gasteiger partial charge is 0.459 e. The molecule has 2 nitrogen and oxygen atoms in total. The highest BCUT2D eigenvalue weighted by atomic mass is 16.5. The molecule has 2 atom stereocenters. The van der Waals surface area contributed by atoms with Crippen molar-refractivity contribution in [2.24, 2.45) is 11.3 Å². The van der Waals surface area contributed by atoms with E-state index in [2.05, 4.69) is 20.8 Å². The molecule has 0 N–H and O–H groups in total. The van der Waals surface area contributed by atoms with E-state index in [1.807, 2.05) is 13.8 Å². The van der Waals surface area contributed by atoms with Crippen LogP contribution < -0.4 is 0 Å². The third-order valence-electron chi connectivity index (χ3n) is 3.04. The number of esters is 1. The van der Waals surface area contributed by atoms with Crippen LogP contribution in [-0.4, -0.2) is 12.1 Å². The van der Waals surface area contributed by atoms with Crippen molar-refractivity contribution in [2.75, 3.05) is 0 Å². The van der Waals surface area contributed by atoms with E-state index in [9.17, 15) is 4.79 Å². The minimum atomic E-state index is -0.185. The molecule has 0 radical (unpaired) electrons. The van der Waals surface area contributed by atoms with Gasteiger partial charge in [0.1, 0.15) is 6.10 Å². The van der Waals surface area contributed by atoms with Crippen molar-refractivity contribution in [3.63, 3.8) is 0 Å². The molecule has 1 rings (SSSR count). The van der Waals surface area contributed by atoms with Gasteiger partial charge in [0, 0.05) is 6.08 Å². The van der Waals surface area contributed by atoms with Gasteiger partial charge in [0.25, 0.3) is 0 Å². The first-order chi connectivity index (χ1) is 7.28. The van der Waals surface area contributed by atoms with Crippen LogP contribution in [0, 0.1) is 11.3 Å². The van der Waals surface area contributed by atoms with Gasteiger partial charge in [-0.1, -0.05) is 26.3 Å². The van der Waals surface area contributed by atoms with Gasteiger partial charge < -0.3 is 4.74 Å². The molecule has 0 unspecified atom stereocenters. The third-order valence-corrected chi connectivity index (χ3v) is 3.04. The molecule has 1 aliphatic rings. The molecule has 0 aliphatic heterocycles. The molecule has 1 aliphatic carbocycles. The van der Waals surface area contributed by atoms with Crippen LogP contribution >= 0.6 is 0 Å². The second kappa shape index (κ2) is 5.03. The van der Waals surface area contributed by atoms with Crippen molar-refractivity contribution < 1.29 is 9.53 Å². The fraction of sp³-hybridized carbons (Fsp3) is 0.786. The lowest BCUT2D eigenvalue weighted by molar-refractivity contribution is -0.147. The summed E-state index contributed by atoms with van der Waals surface area (Å²) in [4.78, 5) is 11.5. The van der Waals surface area contributed by atoms with E-state index in [0.29, 0.717) is 11.3 Å². The monoisotopic (exact) mass is 224 g/mol. The van der Waals surface area contributed by atoms with Crippen molar-refractivity contribution in [2.45, 2.75) is 60.0 Å². The van der Waals surface area contributed by atoms with Crippen molar-refractivity contribution in [1.82, 2.24) is 0 Å². The van der Waals surface area contributed by atoms with Gasteiger partial charge in [-0.15, -0.1) is 0 Å². The van der Waals surface area contributed by atoms with E-state index in [0.717, 1.165) is 18.4 Å². The molecule has 92 valence electrons. The Morgan fingerprint density at radius 3 is 2.44 bits per heavy atom. The normalized spacial score (nSPS) is 28.3. The fourth-order valence-corrected chi connectivity index (χ4v) is 2.78. The van der Waals surface area contributed by atoms with Crippen molar-refractivity contribution in [3.8, 4) is 0 Å². The molecule has 16 heavy (non-hydrogen) atoms. The number of ether oxygens (including phenoxy) is 1. The minimum absolute atomic E-state index is 0.0989. The molecule has 0 aromatic rings. The number of carbonyl (C=O) groups excluding carboxylic acids is 1. The maximum atomic E-state index is 11.5. The lowest BCUT2D eigenvalue weighted by Gasteiger charge is -2.38. The summed E-state index contributed by atoms with van der Waals surface area (Å²) in [5.41, 5.74) is 1.29. The smallest absolute Gasteiger partial charge is 0.330 e. The van der Waals surface area contributed by atoms with E-state index in [-0.39, 0.29) is 12.1 Å². The number of hydrogen-bond acceptors (Lipinski definition) is 2. The predicted molar refractivity (Wildman–Crippen MR) is 66.1 cm³/mol. The van der Waals surface area contributed by atoms with Crippen LogP contribution in [0.2, 0.25) is 0 Å². The molecule has 0 aromatic carbocycles. The van der Waals surface area contributed by atoms with Crippen molar-refractivity contribution in [1.29, 1.82) is 0 Å². The van der Waals surface area contributed by atoms with Gasteiger partial charge in [0.05, 0.1) is 0 Å². The zero-order valence-corrected chi connectivity index (χ0v) is 11.2. The maximum Gasteiger partial charge on any atom is 0.330 e. The summed E-state index contributed by atoms with van der Waals surface area (Å²) in [6.45, 7) is 10.6. The lowest BCUT2D eigenvalue weighted by atomic mass is 9.71. The third kappa shape index (κ3) is 4.38. The molecule has 1 saturated carbocycles.